The molecule has 1 rings (SSSR count). The predicted octanol–water partition coefficient (Wildman–Crippen LogP) is 1.25. The number of aliphatic hydroxyl groups is 1. The largest absolute Gasteiger partial charge is 0.469 e. The fourth-order valence-electron chi connectivity index (χ4n) is 2.09. The van der Waals surface area contributed by atoms with Gasteiger partial charge >= 0.3 is 5.97 Å². The van der Waals surface area contributed by atoms with Crippen molar-refractivity contribution < 1.29 is 19.4 Å². The Kier molecular flexibility index (Phi) is 6.88. The Morgan fingerprint density at radius 3 is 2.33 bits per heavy atom. The second-order valence-corrected chi connectivity index (χ2v) is 5.23. The van der Waals surface area contributed by atoms with Gasteiger partial charge in [-0.15, -0.1) is 0 Å². The molecule has 2 atom stereocenters. The van der Waals surface area contributed by atoms with E-state index in [1.807, 2.05) is 30.3 Å². The standard InChI is InChI=1S/C16H23NO4/c1-12(16(20)21-3)10-17(11-13(2)18)15(19)9-14-7-5-4-6-8-14/h4-8,12-13,18H,9-11H2,1-3H3. The van der Waals surface area contributed by atoms with Crippen molar-refractivity contribution in [1.29, 1.82) is 0 Å². The fraction of sp³-hybridized carbons (Fsp3) is 0.500. The number of amides is 1. The van der Waals surface area contributed by atoms with Crippen LogP contribution in [0, 0.1) is 5.92 Å². The first kappa shape index (κ1) is 17.2. The molecule has 1 amide bonds. The molecule has 0 aromatic heterocycles. The highest BCUT2D eigenvalue weighted by atomic mass is 16.5. The third-order valence-corrected chi connectivity index (χ3v) is 3.13. The Balaban J connectivity index is 2.72. The van der Waals surface area contributed by atoms with Gasteiger partial charge in [0.1, 0.15) is 0 Å². The maximum absolute atomic E-state index is 12.4. The smallest absolute Gasteiger partial charge is 0.310 e. The van der Waals surface area contributed by atoms with E-state index < -0.39 is 12.0 Å². The number of ether oxygens (including phenoxy) is 1. The van der Waals surface area contributed by atoms with Crippen LogP contribution in [0.5, 0.6) is 0 Å². The molecular formula is C16H23NO4. The van der Waals surface area contributed by atoms with Crippen LogP contribution >= 0.6 is 0 Å². The number of carbonyl (C=O) groups is 2. The van der Waals surface area contributed by atoms with Crippen molar-refractivity contribution in [1.82, 2.24) is 4.90 Å². The van der Waals surface area contributed by atoms with E-state index >= 15 is 0 Å². The summed E-state index contributed by atoms with van der Waals surface area (Å²) in [7, 11) is 1.32. The van der Waals surface area contributed by atoms with Gasteiger partial charge in [-0.2, -0.15) is 0 Å². The highest BCUT2D eigenvalue weighted by Crippen LogP contribution is 2.08. The van der Waals surface area contributed by atoms with E-state index in [2.05, 4.69) is 4.74 Å². The number of rotatable bonds is 7. The number of nitrogens with zero attached hydrogens (tertiary/aromatic N) is 1. The van der Waals surface area contributed by atoms with Crippen molar-refractivity contribution in [2.24, 2.45) is 5.92 Å². The van der Waals surface area contributed by atoms with Crippen LogP contribution < -0.4 is 0 Å². The number of aliphatic hydroxyl groups excluding tert-OH is 1. The summed E-state index contributed by atoms with van der Waals surface area (Å²) in [5, 5.41) is 9.54. The van der Waals surface area contributed by atoms with Crippen molar-refractivity contribution in [2.45, 2.75) is 26.4 Å². The molecule has 116 valence electrons. The SMILES string of the molecule is COC(=O)C(C)CN(CC(C)O)C(=O)Cc1ccccc1. The zero-order valence-corrected chi connectivity index (χ0v) is 12.8. The molecule has 2 unspecified atom stereocenters. The van der Waals surface area contributed by atoms with E-state index in [1.165, 1.54) is 12.0 Å². The highest BCUT2D eigenvalue weighted by molar-refractivity contribution is 5.80. The Morgan fingerprint density at radius 2 is 1.81 bits per heavy atom. The molecule has 0 spiro atoms. The summed E-state index contributed by atoms with van der Waals surface area (Å²) in [5.41, 5.74) is 0.906. The number of methoxy groups -OCH3 is 1. The summed E-state index contributed by atoms with van der Waals surface area (Å²) in [6.07, 6.45) is -0.392. The summed E-state index contributed by atoms with van der Waals surface area (Å²) >= 11 is 0. The first-order valence-electron chi connectivity index (χ1n) is 7.01. The van der Waals surface area contributed by atoms with E-state index in [0.29, 0.717) is 0 Å². The van der Waals surface area contributed by atoms with Crippen LogP contribution in [0.4, 0.5) is 0 Å². The van der Waals surface area contributed by atoms with Gasteiger partial charge in [-0.05, 0) is 12.5 Å². The lowest BCUT2D eigenvalue weighted by Crippen LogP contribution is -2.41. The Labute approximate surface area is 125 Å². The Bertz CT molecular complexity index is 459. The third kappa shape index (κ3) is 5.95. The Hall–Kier alpha value is -1.88. The normalized spacial score (nSPS) is 13.3. The van der Waals surface area contributed by atoms with Crippen LogP contribution in [-0.4, -0.2) is 48.2 Å². The average Bonchev–Trinajstić information content (AvgIpc) is 2.46. The second kappa shape index (κ2) is 8.42. The molecule has 0 radical (unpaired) electrons. The molecule has 0 heterocycles. The molecule has 1 aromatic rings. The van der Waals surface area contributed by atoms with E-state index in [4.69, 9.17) is 0 Å². The van der Waals surface area contributed by atoms with Crippen molar-refractivity contribution in [3.63, 3.8) is 0 Å². The van der Waals surface area contributed by atoms with Crippen LogP contribution in [0.2, 0.25) is 0 Å². The van der Waals surface area contributed by atoms with Crippen LogP contribution in [0.3, 0.4) is 0 Å². The topological polar surface area (TPSA) is 66.8 Å². The van der Waals surface area contributed by atoms with Crippen molar-refractivity contribution >= 4 is 11.9 Å². The lowest BCUT2D eigenvalue weighted by Gasteiger charge is -2.26. The summed E-state index contributed by atoms with van der Waals surface area (Å²) < 4.78 is 4.68. The quantitative estimate of drug-likeness (QED) is 0.768. The molecule has 5 nitrogen and oxygen atoms in total. The molecule has 0 fully saturated rings. The maximum atomic E-state index is 12.4. The molecule has 0 aliphatic heterocycles. The van der Waals surface area contributed by atoms with Gasteiger partial charge in [-0.25, -0.2) is 0 Å². The minimum atomic E-state index is -0.644. The van der Waals surface area contributed by atoms with E-state index in [0.717, 1.165) is 5.56 Å². The number of hydrogen-bond donors (Lipinski definition) is 1. The number of esters is 1. The lowest BCUT2D eigenvalue weighted by molar-refractivity contribution is -0.146. The third-order valence-electron chi connectivity index (χ3n) is 3.13. The summed E-state index contributed by atoms with van der Waals surface area (Å²) in [6, 6.07) is 9.39. The van der Waals surface area contributed by atoms with E-state index in [1.54, 1.807) is 13.8 Å². The van der Waals surface area contributed by atoms with Crippen LogP contribution in [0.15, 0.2) is 30.3 Å². The van der Waals surface area contributed by atoms with Gasteiger partial charge < -0.3 is 14.7 Å². The fourth-order valence-corrected chi connectivity index (χ4v) is 2.09. The molecule has 0 saturated heterocycles. The average molecular weight is 293 g/mol. The first-order chi connectivity index (χ1) is 9.93. The van der Waals surface area contributed by atoms with Crippen molar-refractivity contribution in [2.75, 3.05) is 20.2 Å². The first-order valence-corrected chi connectivity index (χ1v) is 7.01. The molecule has 0 aliphatic carbocycles. The molecular weight excluding hydrogens is 270 g/mol. The summed E-state index contributed by atoms with van der Waals surface area (Å²) in [4.78, 5) is 25.4. The second-order valence-electron chi connectivity index (χ2n) is 5.23. The lowest BCUT2D eigenvalue weighted by atomic mass is 10.1. The van der Waals surface area contributed by atoms with E-state index in [9.17, 15) is 14.7 Å². The van der Waals surface area contributed by atoms with Crippen molar-refractivity contribution in [3.05, 3.63) is 35.9 Å². The molecule has 5 heteroatoms. The number of carbonyl (C=O) groups excluding carboxylic acids is 2. The van der Waals surface area contributed by atoms with Gasteiger partial charge in [-0.1, -0.05) is 37.3 Å². The van der Waals surface area contributed by atoms with Gasteiger partial charge in [0.05, 0.1) is 25.6 Å². The van der Waals surface area contributed by atoms with E-state index in [-0.39, 0.29) is 31.4 Å². The molecule has 1 N–H and O–H groups in total. The van der Waals surface area contributed by atoms with Gasteiger partial charge in [-0.3, -0.25) is 9.59 Å². The molecule has 0 bridgehead atoms. The minimum Gasteiger partial charge on any atom is -0.469 e. The van der Waals surface area contributed by atoms with Gasteiger partial charge in [0, 0.05) is 13.1 Å². The zero-order chi connectivity index (χ0) is 15.8. The predicted molar refractivity (Wildman–Crippen MR) is 79.6 cm³/mol. The minimum absolute atomic E-state index is 0.113. The summed E-state index contributed by atoms with van der Waals surface area (Å²) in [5.74, 6) is -0.899. The van der Waals surface area contributed by atoms with Gasteiger partial charge in [0.15, 0.2) is 0 Å². The number of benzene rings is 1. The Morgan fingerprint density at radius 1 is 1.19 bits per heavy atom. The van der Waals surface area contributed by atoms with Crippen LogP contribution in [0.1, 0.15) is 19.4 Å². The van der Waals surface area contributed by atoms with Crippen LogP contribution in [-0.2, 0) is 20.7 Å². The summed E-state index contributed by atoms with van der Waals surface area (Å²) in [6.45, 7) is 3.76. The van der Waals surface area contributed by atoms with Crippen LogP contribution in [0.25, 0.3) is 0 Å². The monoisotopic (exact) mass is 293 g/mol. The zero-order valence-electron chi connectivity index (χ0n) is 12.8. The number of hydrogen-bond acceptors (Lipinski definition) is 4. The maximum Gasteiger partial charge on any atom is 0.310 e. The molecule has 21 heavy (non-hydrogen) atoms. The van der Waals surface area contributed by atoms with Crippen molar-refractivity contribution in [3.8, 4) is 0 Å². The molecule has 0 saturated carbocycles. The molecule has 0 aliphatic rings. The highest BCUT2D eigenvalue weighted by Gasteiger charge is 2.22. The van der Waals surface area contributed by atoms with Gasteiger partial charge in [0.25, 0.3) is 0 Å². The molecule has 1 aromatic carbocycles. The van der Waals surface area contributed by atoms with Gasteiger partial charge in [0.2, 0.25) is 5.91 Å².